The van der Waals surface area contributed by atoms with Crippen molar-refractivity contribution in [3.05, 3.63) is 90.4 Å². The zero-order valence-electron chi connectivity index (χ0n) is 18.2. The smallest absolute Gasteiger partial charge is 0.254 e. The molecular weight excluding hydrogens is 414 g/mol. The summed E-state index contributed by atoms with van der Waals surface area (Å²) in [4.78, 5) is 28.2. The minimum atomic E-state index is -0.000216. The van der Waals surface area contributed by atoms with Crippen molar-refractivity contribution in [1.82, 2.24) is 19.9 Å². The number of para-hydroxylation sites is 1. The normalized spacial score (nSPS) is 16.4. The van der Waals surface area contributed by atoms with E-state index in [0.29, 0.717) is 37.8 Å². The molecule has 4 aromatic rings. The molecule has 0 bridgehead atoms. The van der Waals surface area contributed by atoms with Crippen molar-refractivity contribution in [3.8, 4) is 0 Å². The number of nitrogens with zero attached hydrogens (tertiary/aromatic N) is 4. The lowest BCUT2D eigenvalue weighted by molar-refractivity contribution is 0.0737. The lowest BCUT2D eigenvalue weighted by Crippen LogP contribution is -2.36. The molecule has 1 saturated heterocycles. The van der Waals surface area contributed by atoms with Gasteiger partial charge in [-0.25, -0.2) is 9.97 Å². The molecule has 7 nitrogen and oxygen atoms in total. The monoisotopic (exact) mass is 439 g/mol. The molecular formula is C26H25N5O2. The molecule has 2 aromatic carbocycles. The van der Waals surface area contributed by atoms with E-state index in [4.69, 9.17) is 4.74 Å². The number of benzene rings is 2. The minimum Gasteiger partial charge on any atom is -0.379 e. The van der Waals surface area contributed by atoms with Gasteiger partial charge >= 0.3 is 0 Å². The Kier molecular flexibility index (Phi) is 6.21. The molecule has 5 rings (SSSR count). The molecule has 1 aliphatic heterocycles. The van der Waals surface area contributed by atoms with Crippen molar-refractivity contribution in [2.24, 2.45) is 5.92 Å². The van der Waals surface area contributed by atoms with E-state index < -0.39 is 0 Å². The summed E-state index contributed by atoms with van der Waals surface area (Å²) >= 11 is 0. The molecule has 1 unspecified atom stereocenters. The van der Waals surface area contributed by atoms with Gasteiger partial charge in [-0.1, -0.05) is 24.3 Å². The van der Waals surface area contributed by atoms with E-state index >= 15 is 0 Å². The van der Waals surface area contributed by atoms with E-state index in [-0.39, 0.29) is 11.8 Å². The number of hydrogen-bond acceptors (Lipinski definition) is 6. The first-order valence-electron chi connectivity index (χ1n) is 11.1. The Morgan fingerprint density at radius 3 is 2.82 bits per heavy atom. The van der Waals surface area contributed by atoms with Gasteiger partial charge in [0.05, 0.1) is 18.7 Å². The van der Waals surface area contributed by atoms with Crippen molar-refractivity contribution < 1.29 is 9.53 Å². The molecule has 0 aliphatic carbocycles. The highest BCUT2D eigenvalue weighted by Gasteiger charge is 2.24. The number of hydrogen-bond donors (Lipinski definition) is 1. The molecule has 0 radical (unpaired) electrons. The average Bonchev–Trinajstić information content (AvgIpc) is 3.10. The number of pyridine rings is 1. The molecule has 2 aromatic heterocycles. The Morgan fingerprint density at radius 1 is 1.03 bits per heavy atom. The third-order valence-corrected chi connectivity index (χ3v) is 5.73. The van der Waals surface area contributed by atoms with Crippen molar-refractivity contribution in [3.63, 3.8) is 0 Å². The predicted octanol–water partition coefficient (Wildman–Crippen LogP) is 4.10. The minimum absolute atomic E-state index is 0.000216. The second kappa shape index (κ2) is 9.75. The van der Waals surface area contributed by atoms with Gasteiger partial charge in [0.15, 0.2) is 0 Å². The van der Waals surface area contributed by atoms with E-state index in [1.165, 1.54) is 0 Å². The highest BCUT2D eigenvalue weighted by atomic mass is 16.5. The van der Waals surface area contributed by atoms with Gasteiger partial charge in [0.25, 0.3) is 5.91 Å². The fourth-order valence-electron chi connectivity index (χ4n) is 4.16. The summed E-state index contributed by atoms with van der Waals surface area (Å²) in [5, 5.41) is 4.27. The Morgan fingerprint density at radius 2 is 1.91 bits per heavy atom. The Hall–Kier alpha value is -3.84. The molecule has 166 valence electrons. The molecule has 1 amide bonds. The van der Waals surface area contributed by atoms with E-state index in [1.807, 2.05) is 53.6 Å². The number of aromatic nitrogens is 3. The molecule has 7 heteroatoms. The third-order valence-electron chi connectivity index (χ3n) is 5.73. The number of ether oxygens (including phenoxy) is 1. The molecule has 1 aliphatic rings. The number of amides is 1. The van der Waals surface area contributed by atoms with Crippen molar-refractivity contribution >= 4 is 28.4 Å². The summed E-state index contributed by atoms with van der Waals surface area (Å²) in [6.45, 7) is 2.38. The van der Waals surface area contributed by atoms with Gasteiger partial charge in [0.2, 0.25) is 5.95 Å². The Labute approximate surface area is 192 Å². The van der Waals surface area contributed by atoms with Gasteiger partial charge in [0.1, 0.15) is 0 Å². The predicted molar refractivity (Wildman–Crippen MR) is 127 cm³/mol. The topological polar surface area (TPSA) is 80.2 Å². The van der Waals surface area contributed by atoms with E-state index in [9.17, 15) is 4.79 Å². The van der Waals surface area contributed by atoms with Crippen LogP contribution in [0.4, 0.5) is 11.6 Å². The van der Waals surface area contributed by atoms with Crippen LogP contribution in [0.15, 0.2) is 79.3 Å². The van der Waals surface area contributed by atoms with Crippen LogP contribution in [0, 0.1) is 5.92 Å². The van der Waals surface area contributed by atoms with E-state index in [0.717, 1.165) is 28.6 Å². The maximum Gasteiger partial charge on any atom is 0.254 e. The number of rotatable bonds is 5. The SMILES string of the molecule is O=C(c1cccc(Nc2ncccn2)c1)N1CCOCC(Cc2cnc3ccccc3c2)C1. The number of carbonyl (C=O) groups excluding carboxylic acids is 1. The lowest BCUT2D eigenvalue weighted by Gasteiger charge is -2.24. The van der Waals surface area contributed by atoms with Gasteiger partial charge in [0, 0.05) is 54.2 Å². The van der Waals surface area contributed by atoms with Crippen LogP contribution in [0.2, 0.25) is 0 Å². The van der Waals surface area contributed by atoms with Crippen molar-refractivity contribution in [1.29, 1.82) is 0 Å². The summed E-state index contributed by atoms with van der Waals surface area (Å²) in [5.41, 5.74) is 3.55. The van der Waals surface area contributed by atoms with Crippen LogP contribution in [0.25, 0.3) is 10.9 Å². The number of anilines is 2. The summed E-state index contributed by atoms with van der Waals surface area (Å²) in [5.74, 6) is 0.701. The Balaban J connectivity index is 1.29. The third kappa shape index (κ3) is 5.15. The molecule has 33 heavy (non-hydrogen) atoms. The highest BCUT2D eigenvalue weighted by Crippen LogP contribution is 2.20. The first kappa shape index (κ1) is 21.0. The van der Waals surface area contributed by atoms with E-state index in [1.54, 1.807) is 18.5 Å². The molecule has 1 N–H and O–H groups in total. The number of carbonyl (C=O) groups is 1. The molecule has 1 fully saturated rings. The zero-order chi connectivity index (χ0) is 22.5. The Bertz CT molecular complexity index is 1250. The largest absolute Gasteiger partial charge is 0.379 e. The second-order valence-electron chi connectivity index (χ2n) is 8.21. The zero-order valence-corrected chi connectivity index (χ0v) is 18.2. The summed E-state index contributed by atoms with van der Waals surface area (Å²) < 4.78 is 5.84. The standard InChI is InChI=1S/C26H25N5O2/c32-25(22-6-3-7-23(15-22)30-26-27-9-4-10-28-26)31-11-12-33-18-20(17-31)13-19-14-21-5-1-2-8-24(21)29-16-19/h1-10,14-16,20H,11-13,17-18H2,(H,27,28,30). The van der Waals surface area contributed by atoms with Crippen molar-refractivity contribution in [2.75, 3.05) is 31.6 Å². The van der Waals surface area contributed by atoms with Gasteiger partial charge < -0.3 is 15.0 Å². The molecule has 0 saturated carbocycles. The quantitative estimate of drug-likeness (QED) is 0.504. The highest BCUT2D eigenvalue weighted by molar-refractivity contribution is 5.95. The lowest BCUT2D eigenvalue weighted by atomic mass is 9.99. The summed E-state index contributed by atoms with van der Waals surface area (Å²) in [6, 6.07) is 19.5. The maximum absolute atomic E-state index is 13.3. The first-order chi connectivity index (χ1) is 16.2. The fraction of sp³-hybridized carbons (Fsp3) is 0.231. The van der Waals surface area contributed by atoms with Crippen LogP contribution in [-0.2, 0) is 11.2 Å². The van der Waals surface area contributed by atoms with Gasteiger partial charge in [-0.05, 0) is 48.4 Å². The number of nitrogens with one attached hydrogen (secondary N) is 1. The number of fused-ring (bicyclic) bond motifs is 1. The summed E-state index contributed by atoms with van der Waals surface area (Å²) in [7, 11) is 0. The van der Waals surface area contributed by atoms with Gasteiger partial charge in [-0.15, -0.1) is 0 Å². The van der Waals surface area contributed by atoms with Crippen LogP contribution in [0.1, 0.15) is 15.9 Å². The first-order valence-corrected chi connectivity index (χ1v) is 11.1. The second-order valence-corrected chi connectivity index (χ2v) is 8.21. The molecule has 3 heterocycles. The summed E-state index contributed by atoms with van der Waals surface area (Å²) in [6.07, 6.45) is 6.09. The van der Waals surface area contributed by atoms with Crippen LogP contribution >= 0.6 is 0 Å². The van der Waals surface area contributed by atoms with Gasteiger partial charge in [-0.2, -0.15) is 0 Å². The van der Waals surface area contributed by atoms with Crippen LogP contribution in [0.5, 0.6) is 0 Å². The van der Waals surface area contributed by atoms with Crippen molar-refractivity contribution in [2.45, 2.75) is 6.42 Å². The van der Waals surface area contributed by atoms with Gasteiger partial charge in [-0.3, -0.25) is 9.78 Å². The average molecular weight is 440 g/mol. The maximum atomic E-state index is 13.3. The molecule has 0 spiro atoms. The fourth-order valence-corrected chi connectivity index (χ4v) is 4.16. The van der Waals surface area contributed by atoms with Crippen LogP contribution in [-0.4, -0.2) is 52.1 Å². The van der Waals surface area contributed by atoms with Crippen LogP contribution < -0.4 is 5.32 Å². The van der Waals surface area contributed by atoms with E-state index in [2.05, 4.69) is 32.4 Å². The van der Waals surface area contributed by atoms with Crippen LogP contribution in [0.3, 0.4) is 0 Å². The molecule has 1 atom stereocenters.